The normalized spacial score (nSPS) is 18.1. The number of hydrogen-bond acceptors (Lipinski definition) is 7. The number of hydrogen-bond donors (Lipinski definition) is 1. The molecule has 0 aromatic heterocycles. The van der Waals surface area contributed by atoms with E-state index in [0.717, 1.165) is 38.0 Å². The fourth-order valence-corrected chi connectivity index (χ4v) is 4.44. The van der Waals surface area contributed by atoms with Crippen LogP contribution in [0.2, 0.25) is 0 Å². The fourth-order valence-electron chi connectivity index (χ4n) is 4.44. The van der Waals surface area contributed by atoms with Gasteiger partial charge in [0.2, 0.25) is 0 Å². The second-order valence-electron chi connectivity index (χ2n) is 11.2. The first kappa shape index (κ1) is 25.6. The summed E-state index contributed by atoms with van der Waals surface area (Å²) in [6.07, 6.45) is 1.67. The highest BCUT2D eigenvalue weighted by Gasteiger charge is 2.42. The smallest absolute Gasteiger partial charge is 0.412 e. The Hall–Kier alpha value is -3.04. The molecule has 0 unspecified atom stereocenters. The minimum Gasteiger partial charge on any atom is -0.444 e. The van der Waals surface area contributed by atoms with Crippen LogP contribution in [0, 0.1) is 15.5 Å². The zero-order valence-corrected chi connectivity index (χ0v) is 21.0. The second kappa shape index (κ2) is 9.31. The largest absolute Gasteiger partial charge is 0.444 e. The van der Waals surface area contributed by atoms with Crippen LogP contribution in [-0.4, -0.2) is 59.4 Å². The Balaban J connectivity index is 1.65. The molecule has 2 aliphatic rings. The van der Waals surface area contributed by atoms with E-state index in [-0.39, 0.29) is 22.9 Å². The third-order valence-electron chi connectivity index (χ3n) is 6.09. The number of anilines is 2. The summed E-state index contributed by atoms with van der Waals surface area (Å²) in [7, 11) is 0. The maximum absolute atomic E-state index is 12.4. The minimum absolute atomic E-state index is 0.0702. The van der Waals surface area contributed by atoms with E-state index in [4.69, 9.17) is 9.47 Å². The van der Waals surface area contributed by atoms with Crippen molar-refractivity contribution >= 4 is 29.2 Å². The zero-order valence-electron chi connectivity index (χ0n) is 21.0. The van der Waals surface area contributed by atoms with Crippen LogP contribution in [0.1, 0.15) is 60.8 Å². The minimum atomic E-state index is -0.736. The van der Waals surface area contributed by atoms with E-state index in [2.05, 4.69) is 10.2 Å². The SMILES string of the molecule is CC(C)(C)OC(=O)Nc1ccc(N2CCC3(CCN(C(=O)OC(C)(C)C)CC3)C2)cc1[N+](=O)[O-]. The van der Waals surface area contributed by atoms with Crippen LogP contribution in [0.5, 0.6) is 0 Å². The van der Waals surface area contributed by atoms with Crippen molar-refractivity contribution in [3.8, 4) is 0 Å². The van der Waals surface area contributed by atoms with Crippen molar-refractivity contribution in [2.45, 2.75) is 72.0 Å². The number of nitrogens with zero attached hydrogens (tertiary/aromatic N) is 3. The molecule has 34 heavy (non-hydrogen) atoms. The highest BCUT2D eigenvalue weighted by atomic mass is 16.6. The van der Waals surface area contributed by atoms with Crippen molar-refractivity contribution in [2.24, 2.45) is 5.41 Å². The van der Waals surface area contributed by atoms with Crippen LogP contribution in [0.15, 0.2) is 18.2 Å². The van der Waals surface area contributed by atoms with Gasteiger partial charge in [0.1, 0.15) is 16.9 Å². The molecule has 1 spiro atoms. The summed E-state index contributed by atoms with van der Waals surface area (Å²) < 4.78 is 10.7. The number of carbonyl (C=O) groups excluding carboxylic acids is 2. The standard InChI is InChI=1S/C24H36N4O6/c1-22(2,3)33-20(29)25-18-8-7-17(15-19(18)28(31)32)27-14-11-24(16-27)9-12-26(13-10-24)21(30)34-23(4,5)6/h7-8,15H,9-14,16H2,1-6H3,(H,25,29). The Bertz CT molecular complexity index is 942. The van der Waals surface area contributed by atoms with Crippen LogP contribution in [0.4, 0.5) is 26.7 Å². The maximum atomic E-state index is 12.4. The monoisotopic (exact) mass is 476 g/mol. The van der Waals surface area contributed by atoms with Crippen LogP contribution in [0.3, 0.4) is 0 Å². The highest BCUT2D eigenvalue weighted by molar-refractivity contribution is 5.89. The van der Waals surface area contributed by atoms with E-state index < -0.39 is 22.2 Å². The third-order valence-corrected chi connectivity index (χ3v) is 6.09. The molecule has 2 fully saturated rings. The number of nitro groups is 1. The lowest BCUT2D eigenvalue weighted by Crippen LogP contribution is -2.46. The van der Waals surface area contributed by atoms with Crippen molar-refractivity contribution in [1.29, 1.82) is 0 Å². The molecule has 2 amide bonds. The predicted molar refractivity (Wildman–Crippen MR) is 129 cm³/mol. The summed E-state index contributed by atoms with van der Waals surface area (Å²) in [6, 6.07) is 4.84. The zero-order chi connectivity index (χ0) is 25.3. The molecule has 188 valence electrons. The summed E-state index contributed by atoms with van der Waals surface area (Å²) >= 11 is 0. The van der Waals surface area contributed by atoms with Crippen LogP contribution >= 0.6 is 0 Å². The van der Waals surface area contributed by atoms with Gasteiger partial charge >= 0.3 is 12.2 Å². The number of carbonyl (C=O) groups is 2. The van der Waals surface area contributed by atoms with Crippen molar-refractivity contribution in [3.05, 3.63) is 28.3 Å². The number of benzene rings is 1. The van der Waals surface area contributed by atoms with Gasteiger partial charge in [-0.2, -0.15) is 0 Å². The summed E-state index contributed by atoms with van der Waals surface area (Å²) in [4.78, 5) is 39.6. The first-order valence-electron chi connectivity index (χ1n) is 11.7. The first-order valence-corrected chi connectivity index (χ1v) is 11.7. The molecular weight excluding hydrogens is 440 g/mol. The molecule has 2 aliphatic heterocycles. The van der Waals surface area contributed by atoms with E-state index in [1.165, 1.54) is 6.07 Å². The second-order valence-corrected chi connectivity index (χ2v) is 11.2. The number of likely N-dealkylation sites (tertiary alicyclic amines) is 1. The number of amides is 2. The summed E-state index contributed by atoms with van der Waals surface area (Å²) in [5.74, 6) is 0. The van der Waals surface area contributed by atoms with Gasteiger partial charge in [-0.05, 0) is 78.4 Å². The van der Waals surface area contributed by atoms with E-state index >= 15 is 0 Å². The Morgan fingerprint density at radius 2 is 1.59 bits per heavy atom. The van der Waals surface area contributed by atoms with Gasteiger partial charge in [-0.25, -0.2) is 9.59 Å². The molecule has 2 saturated heterocycles. The number of nitrogens with one attached hydrogen (secondary N) is 1. The van der Waals surface area contributed by atoms with Gasteiger partial charge in [0.05, 0.1) is 4.92 Å². The number of ether oxygens (including phenoxy) is 2. The molecule has 1 aromatic rings. The highest BCUT2D eigenvalue weighted by Crippen LogP contribution is 2.43. The molecule has 0 atom stereocenters. The van der Waals surface area contributed by atoms with Crippen molar-refractivity contribution < 1.29 is 24.0 Å². The lowest BCUT2D eigenvalue weighted by Gasteiger charge is -2.39. The summed E-state index contributed by atoms with van der Waals surface area (Å²) in [6.45, 7) is 13.6. The topological polar surface area (TPSA) is 114 Å². The van der Waals surface area contributed by atoms with Crippen LogP contribution < -0.4 is 10.2 Å². The quantitative estimate of drug-likeness (QED) is 0.473. The van der Waals surface area contributed by atoms with E-state index in [0.29, 0.717) is 13.1 Å². The van der Waals surface area contributed by atoms with Gasteiger partial charge < -0.3 is 19.3 Å². The Labute approximate surface area is 200 Å². The Morgan fingerprint density at radius 3 is 2.15 bits per heavy atom. The Kier molecular flexibility index (Phi) is 7.00. The first-order chi connectivity index (χ1) is 15.7. The molecule has 3 rings (SSSR count). The van der Waals surface area contributed by atoms with Crippen molar-refractivity contribution in [1.82, 2.24) is 4.90 Å². The van der Waals surface area contributed by atoms with Crippen molar-refractivity contribution in [2.75, 3.05) is 36.4 Å². The number of rotatable bonds is 3. The van der Waals surface area contributed by atoms with Crippen molar-refractivity contribution in [3.63, 3.8) is 0 Å². The molecule has 0 radical (unpaired) electrons. The van der Waals surface area contributed by atoms with Gasteiger partial charge in [-0.15, -0.1) is 0 Å². The number of piperidine rings is 1. The van der Waals surface area contributed by atoms with E-state index in [1.807, 2.05) is 20.8 Å². The summed E-state index contributed by atoms with van der Waals surface area (Å²) in [5, 5.41) is 14.2. The maximum Gasteiger partial charge on any atom is 0.412 e. The average molecular weight is 477 g/mol. The molecule has 0 bridgehead atoms. The van der Waals surface area contributed by atoms with Gasteiger partial charge in [0.25, 0.3) is 5.69 Å². The third kappa shape index (κ3) is 6.51. The molecule has 10 nitrogen and oxygen atoms in total. The van der Waals surface area contributed by atoms with Crippen LogP contribution in [0.25, 0.3) is 0 Å². The van der Waals surface area contributed by atoms with Gasteiger partial charge in [0.15, 0.2) is 0 Å². The van der Waals surface area contributed by atoms with Gasteiger partial charge in [-0.3, -0.25) is 15.4 Å². The number of nitro benzene ring substituents is 1. The lowest BCUT2D eigenvalue weighted by molar-refractivity contribution is -0.383. The fraction of sp³-hybridized carbons (Fsp3) is 0.667. The molecule has 2 heterocycles. The Morgan fingerprint density at radius 1 is 1.00 bits per heavy atom. The molecule has 0 aliphatic carbocycles. The molecule has 10 heteroatoms. The molecular formula is C24H36N4O6. The molecule has 1 N–H and O–H groups in total. The van der Waals surface area contributed by atoms with E-state index in [9.17, 15) is 19.7 Å². The lowest BCUT2D eigenvalue weighted by atomic mass is 9.78. The predicted octanol–water partition coefficient (Wildman–Crippen LogP) is 5.17. The molecule has 0 saturated carbocycles. The average Bonchev–Trinajstić information content (AvgIpc) is 3.09. The van der Waals surface area contributed by atoms with Gasteiger partial charge in [-0.1, -0.05) is 0 Å². The van der Waals surface area contributed by atoms with E-state index in [1.54, 1.807) is 37.8 Å². The van der Waals surface area contributed by atoms with Gasteiger partial charge in [0, 0.05) is 37.9 Å². The van der Waals surface area contributed by atoms with Crippen LogP contribution in [-0.2, 0) is 9.47 Å². The summed E-state index contributed by atoms with van der Waals surface area (Å²) in [5.41, 5.74) is -0.488. The molecule has 1 aromatic carbocycles.